The van der Waals surface area contributed by atoms with Crippen LogP contribution in [-0.2, 0) is 0 Å². The second-order valence-corrected chi connectivity index (χ2v) is 7.43. The number of halogens is 6. The molecule has 0 nitrogen and oxygen atoms in total. The van der Waals surface area contributed by atoms with Crippen molar-refractivity contribution in [2.45, 2.75) is 80.6 Å². The maximum Gasteiger partial charge on any atom is 0.389 e. The van der Waals surface area contributed by atoms with E-state index in [0.29, 0.717) is 12.8 Å². The van der Waals surface area contributed by atoms with Gasteiger partial charge in [0.2, 0.25) is 0 Å². The number of hydrogen-bond donors (Lipinski definition) is 0. The molecule has 0 spiro atoms. The molecule has 0 aliphatic carbocycles. The molecule has 0 radical (unpaired) electrons. The van der Waals surface area contributed by atoms with Gasteiger partial charge in [-0.3, -0.25) is 0 Å². The topological polar surface area (TPSA) is 0 Å². The second kappa shape index (κ2) is 10.4. The Morgan fingerprint density at radius 1 is 0.526 bits per heavy atom. The number of rotatable bonds is 10. The Balaban J connectivity index is 3.12. The highest BCUT2D eigenvalue weighted by Gasteiger charge is 2.25. The molecule has 0 aromatic carbocycles. The van der Waals surface area contributed by atoms with Gasteiger partial charge in [-0.25, -0.2) is 0 Å². The van der Waals surface area contributed by atoms with Crippen molar-refractivity contribution in [2.24, 2.45) is 0 Å². The lowest BCUT2D eigenvalue weighted by atomic mass is 10.1. The third-order valence-electron chi connectivity index (χ3n) is 2.92. The van der Waals surface area contributed by atoms with Crippen LogP contribution in [0.2, 0.25) is 0 Å². The van der Waals surface area contributed by atoms with Gasteiger partial charge in [0.25, 0.3) is 0 Å². The Morgan fingerprint density at radius 2 is 0.842 bits per heavy atom. The van der Waals surface area contributed by atoms with Gasteiger partial charge in [0.05, 0.1) is 0 Å². The molecule has 0 aliphatic heterocycles. The van der Waals surface area contributed by atoms with Crippen LogP contribution in [0.4, 0.5) is 13.2 Å². The zero-order valence-corrected chi connectivity index (χ0v) is 13.3. The minimum Gasteiger partial charge on any atom is -0.171 e. The standard InChI is InChI=1S/C13H22Cl3F3/c14-12(15,16)10-8-6-4-2-1-3-5-7-9-11-13(17,18)19/h1-11H2. The lowest BCUT2D eigenvalue weighted by Crippen LogP contribution is -2.06. The van der Waals surface area contributed by atoms with E-state index in [-0.39, 0.29) is 6.42 Å². The first kappa shape index (κ1) is 19.7. The van der Waals surface area contributed by atoms with Gasteiger partial charge in [-0.05, 0) is 19.3 Å². The van der Waals surface area contributed by atoms with Crippen LogP contribution in [0.5, 0.6) is 0 Å². The molecular weight excluding hydrogens is 319 g/mol. The first-order valence-corrected chi connectivity index (χ1v) is 7.97. The normalized spacial score (nSPS) is 12.9. The van der Waals surface area contributed by atoms with Crippen molar-refractivity contribution < 1.29 is 13.2 Å². The van der Waals surface area contributed by atoms with Crippen molar-refractivity contribution in [3.05, 3.63) is 0 Å². The summed E-state index contributed by atoms with van der Waals surface area (Å²) < 4.78 is 34.4. The van der Waals surface area contributed by atoms with Gasteiger partial charge in [0.15, 0.2) is 3.79 Å². The molecule has 0 aromatic heterocycles. The first-order chi connectivity index (χ1) is 8.71. The van der Waals surface area contributed by atoms with Crippen molar-refractivity contribution in [2.75, 3.05) is 0 Å². The average molecular weight is 342 g/mol. The van der Waals surface area contributed by atoms with Crippen molar-refractivity contribution in [1.29, 1.82) is 0 Å². The quantitative estimate of drug-likeness (QED) is 0.291. The van der Waals surface area contributed by atoms with Crippen molar-refractivity contribution in [3.63, 3.8) is 0 Å². The van der Waals surface area contributed by atoms with E-state index in [1.54, 1.807) is 0 Å². The molecule has 0 rings (SSSR count). The second-order valence-electron chi connectivity index (χ2n) is 4.91. The molecule has 0 N–H and O–H groups in total. The molecule has 19 heavy (non-hydrogen) atoms. The molecule has 0 saturated heterocycles. The zero-order valence-electron chi connectivity index (χ0n) is 11.0. The molecule has 0 bridgehead atoms. The number of unbranched alkanes of at least 4 members (excludes halogenated alkanes) is 8. The largest absolute Gasteiger partial charge is 0.389 e. The third kappa shape index (κ3) is 18.7. The summed E-state index contributed by atoms with van der Waals surface area (Å²) in [6, 6.07) is 0. The van der Waals surface area contributed by atoms with Crippen LogP contribution in [0.25, 0.3) is 0 Å². The summed E-state index contributed by atoms with van der Waals surface area (Å²) in [6.45, 7) is 0. The highest BCUT2D eigenvalue weighted by molar-refractivity contribution is 6.67. The fourth-order valence-electron chi connectivity index (χ4n) is 1.89. The number of hydrogen-bond acceptors (Lipinski definition) is 0. The van der Waals surface area contributed by atoms with Crippen molar-refractivity contribution in [3.8, 4) is 0 Å². The van der Waals surface area contributed by atoms with Crippen LogP contribution >= 0.6 is 34.8 Å². The molecule has 0 fully saturated rings. The summed E-state index contributed by atoms with van der Waals surface area (Å²) in [6.07, 6.45) is 4.01. The van der Waals surface area contributed by atoms with Crippen molar-refractivity contribution in [1.82, 2.24) is 0 Å². The number of alkyl halides is 6. The summed E-state index contributed by atoms with van der Waals surface area (Å²) in [5.74, 6) is 0. The van der Waals surface area contributed by atoms with Crippen LogP contribution in [0, 0.1) is 0 Å². The third-order valence-corrected chi connectivity index (χ3v) is 3.49. The van der Waals surface area contributed by atoms with Crippen LogP contribution in [0.1, 0.15) is 70.6 Å². The van der Waals surface area contributed by atoms with E-state index in [2.05, 4.69) is 0 Å². The van der Waals surface area contributed by atoms with E-state index in [1.165, 1.54) is 0 Å². The predicted molar refractivity (Wildman–Crippen MR) is 77.1 cm³/mol. The van der Waals surface area contributed by atoms with Gasteiger partial charge in [-0.2, -0.15) is 13.2 Å². The fourth-order valence-corrected chi connectivity index (χ4v) is 2.29. The molecule has 0 amide bonds. The van der Waals surface area contributed by atoms with Crippen LogP contribution in [0.15, 0.2) is 0 Å². The highest BCUT2D eigenvalue weighted by atomic mass is 35.6. The van der Waals surface area contributed by atoms with E-state index in [9.17, 15) is 13.2 Å². The van der Waals surface area contributed by atoms with E-state index < -0.39 is 16.4 Å². The van der Waals surface area contributed by atoms with Crippen LogP contribution in [-0.4, -0.2) is 9.97 Å². The van der Waals surface area contributed by atoms with E-state index >= 15 is 0 Å². The summed E-state index contributed by atoms with van der Waals surface area (Å²) in [4.78, 5) is 0. The van der Waals surface area contributed by atoms with Gasteiger partial charge >= 0.3 is 6.18 Å². The molecule has 0 aliphatic rings. The monoisotopic (exact) mass is 340 g/mol. The fraction of sp³-hybridized carbons (Fsp3) is 1.00. The predicted octanol–water partition coefficient (Wildman–Crippen LogP) is 7.21. The maximum absolute atomic E-state index is 11.9. The minimum absolute atomic E-state index is 0.257. The Labute approximate surface area is 129 Å². The van der Waals surface area contributed by atoms with Crippen molar-refractivity contribution >= 4 is 34.8 Å². The Morgan fingerprint density at radius 3 is 1.16 bits per heavy atom. The van der Waals surface area contributed by atoms with Gasteiger partial charge in [-0.1, -0.05) is 79.7 Å². The molecule has 0 atom stereocenters. The smallest absolute Gasteiger partial charge is 0.171 e. The first-order valence-electron chi connectivity index (χ1n) is 6.84. The van der Waals surface area contributed by atoms with Gasteiger partial charge in [-0.15, -0.1) is 0 Å². The molecule has 0 saturated carbocycles. The summed E-state index contributed by atoms with van der Waals surface area (Å²) in [5.41, 5.74) is 0. The Kier molecular flexibility index (Phi) is 10.8. The summed E-state index contributed by atoms with van der Waals surface area (Å²) in [7, 11) is 0. The van der Waals surface area contributed by atoms with Crippen LogP contribution < -0.4 is 0 Å². The van der Waals surface area contributed by atoms with E-state index in [0.717, 1.165) is 44.9 Å². The Hall–Kier alpha value is 0.660. The molecular formula is C13H22Cl3F3. The average Bonchev–Trinajstić information content (AvgIpc) is 2.22. The minimum atomic E-state index is -4.00. The molecule has 116 valence electrons. The zero-order chi connectivity index (χ0) is 14.8. The molecule has 6 heteroatoms. The summed E-state index contributed by atoms with van der Waals surface area (Å²) >= 11 is 16.9. The Bertz CT molecular complexity index is 190. The summed E-state index contributed by atoms with van der Waals surface area (Å²) in [5, 5.41) is 0. The molecule has 0 aromatic rings. The van der Waals surface area contributed by atoms with Gasteiger partial charge < -0.3 is 0 Å². The lowest BCUT2D eigenvalue weighted by molar-refractivity contribution is -0.135. The molecule has 0 heterocycles. The molecule has 0 unspecified atom stereocenters. The SMILES string of the molecule is FC(F)(F)CCCCCCCCCCCC(Cl)(Cl)Cl. The van der Waals surface area contributed by atoms with Gasteiger partial charge in [0, 0.05) is 6.42 Å². The van der Waals surface area contributed by atoms with E-state index in [1.807, 2.05) is 0 Å². The maximum atomic E-state index is 11.9. The highest BCUT2D eigenvalue weighted by Crippen LogP contribution is 2.32. The van der Waals surface area contributed by atoms with Gasteiger partial charge in [0.1, 0.15) is 0 Å². The van der Waals surface area contributed by atoms with E-state index in [4.69, 9.17) is 34.8 Å². The van der Waals surface area contributed by atoms with Crippen LogP contribution in [0.3, 0.4) is 0 Å². The lowest BCUT2D eigenvalue weighted by Gasteiger charge is -2.09.